The number of aromatic nitrogens is 1. The molecule has 0 radical (unpaired) electrons. The Hall–Kier alpha value is 0.346. The largest absolute Gasteiger partial charge is 2.00 e. The Morgan fingerprint density at radius 3 is 2.62 bits per heavy atom. The SMILES string of the molecule is FC(F)Oc1cc[c-]nc1Br.[Cl-].[Mg+2]. The molecule has 1 aromatic heterocycles. The Kier molecular flexibility index (Phi) is 9.39. The molecule has 0 atom stereocenters. The number of hydrogen-bond acceptors (Lipinski definition) is 2. The van der Waals surface area contributed by atoms with Crippen molar-refractivity contribution in [3.8, 4) is 5.75 Å². The van der Waals surface area contributed by atoms with Gasteiger partial charge in [0, 0.05) is 4.60 Å². The van der Waals surface area contributed by atoms with E-state index in [0.717, 1.165) is 0 Å². The van der Waals surface area contributed by atoms with Crippen LogP contribution in [0.1, 0.15) is 0 Å². The van der Waals surface area contributed by atoms with Crippen LogP contribution in [-0.2, 0) is 0 Å². The monoisotopic (exact) mass is 281 g/mol. The van der Waals surface area contributed by atoms with Crippen LogP contribution in [0.4, 0.5) is 8.78 Å². The maximum atomic E-state index is 11.6. The molecule has 0 fully saturated rings. The molecule has 0 N–H and O–H groups in total. The van der Waals surface area contributed by atoms with Crippen molar-refractivity contribution in [2.45, 2.75) is 6.61 Å². The van der Waals surface area contributed by atoms with Crippen LogP contribution in [0.5, 0.6) is 5.75 Å². The van der Waals surface area contributed by atoms with E-state index in [0.29, 0.717) is 0 Å². The van der Waals surface area contributed by atoms with E-state index in [1.807, 2.05) is 0 Å². The van der Waals surface area contributed by atoms with Crippen molar-refractivity contribution < 1.29 is 25.9 Å². The van der Waals surface area contributed by atoms with Gasteiger partial charge in [-0.1, -0.05) is 6.20 Å². The number of ether oxygens (including phenoxy) is 1. The molecule has 0 spiro atoms. The molecule has 1 aromatic rings. The van der Waals surface area contributed by atoms with E-state index >= 15 is 0 Å². The van der Waals surface area contributed by atoms with Crippen molar-refractivity contribution in [1.29, 1.82) is 0 Å². The van der Waals surface area contributed by atoms with Crippen LogP contribution in [0.2, 0.25) is 0 Å². The molecule has 0 aliphatic rings. The van der Waals surface area contributed by atoms with Gasteiger partial charge in [0.1, 0.15) is 0 Å². The minimum atomic E-state index is -2.82. The fraction of sp³-hybridized carbons (Fsp3) is 0.167. The standard InChI is InChI=1S/C6H3BrF2NO.ClH.Mg/c7-5-4(11-6(8)9)2-1-3-10-5;;/h1-2,6H;1H;/q-1;;+2/p-1. The summed E-state index contributed by atoms with van der Waals surface area (Å²) in [5.41, 5.74) is 0. The number of alkyl halides is 2. The first kappa shape index (κ1) is 15.8. The Morgan fingerprint density at radius 2 is 2.15 bits per heavy atom. The van der Waals surface area contributed by atoms with Gasteiger partial charge in [0.15, 0.2) is 0 Å². The molecular weight excluding hydrogens is 280 g/mol. The zero-order valence-corrected chi connectivity index (χ0v) is 10.1. The molecular formula is C6H3BrClF2MgNO. The number of nitrogens with zero attached hydrogens (tertiary/aromatic N) is 1. The zero-order valence-electron chi connectivity index (χ0n) is 6.31. The third kappa shape index (κ3) is 5.61. The summed E-state index contributed by atoms with van der Waals surface area (Å²) in [6, 6.07) is 2.74. The van der Waals surface area contributed by atoms with Gasteiger partial charge in [0.25, 0.3) is 0 Å². The molecule has 0 unspecified atom stereocenters. The van der Waals surface area contributed by atoms with E-state index < -0.39 is 6.61 Å². The number of rotatable bonds is 2. The maximum Gasteiger partial charge on any atom is 2.00 e. The van der Waals surface area contributed by atoms with Gasteiger partial charge >= 0.3 is 29.7 Å². The van der Waals surface area contributed by atoms with E-state index in [9.17, 15) is 8.78 Å². The summed E-state index contributed by atoms with van der Waals surface area (Å²) in [5, 5.41) is 0. The van der Waals surface area contributed by atoms with Crippen LogP contribution in [0.15, 0.2) is 16.7 Å². The predicted octanol–water partition coefficient (Wildman–Crippen LogP) is -1.13. The molecule has 13 heavy (non-hydrogen) atoms. The van der Waals surface area contributed by atoms with Crippen LogP contribution in [0, 0.1) is 6.20 Å². The number of halogens is 4. The van der Waals surface area contributed by atoms with E-state index in [1.165, 1.54) is 12.1 Å². The van der Waals surface area contributed by atoms with Gasteiger partial charge in [-0.15, -0.1) is 22.0 Å². The Morgan fingerprint density at radius 1 is 1.54 bits per heavy atom. The second-order valence-electron chi connectivity index (χ2n) is 1.61. The molecule has 1 rings (SSSR count). The van der Waals surface area contributed by atoms with Crippen LogP contribution in [0.25, 0.3) is 0 Å². The summed E-state index contributed by atoms with van der Waals surface area (Å²) in [4.78, 5) is 3.57. The fourth-order valence-corrected chi connectivity index (χ4v) is 0.843. The fourth-order valence-electron chi connectivity index (χ4n) is 0.515. The van der Waals surface area contributed by atoms with Gasteiger partial charge in [0.2, 0.25) is 0 Å². The minimum absolute atomic E-state index is 0. The van der Waals surface area contributed by atoms with E-state index in [-0.39, 0.29) is 45.8 Å². The molecule has 7 heteroatoms. The topological polar surface area (TPSA) is 22.1 Å². The average molecular weight is 283 g/mol. The summed E-state index contributed by atoms with van der Waals surface area (Å²) >= 11 is 2.92. The van der Waals surface area contributed by atoms with E-state index in [1.54, 1.807) is 0 Å². The Labute approximate surface area is 105 Å². The van der Waals surface area contributed by atoms with Crippen molar-refractivity contribution in [1.82, 2.24) is 4.98 Å². The third-order valence-corrected chi connectivity index (χ3v) is 1.46. The molecule has 0 aromatic carbocycles. The van der Waals surface area contributed by atoms with Crippen LogP contribution < -0.4 is 17.1 Å². The molecule has 1 heterocycles. The van der Waals surface area contributed by atoms with Gasteiger partial charge < -0.3 is 22.1 Å². The molecule has 0 saturated carbocycles. The van der Waals surface area contributed by atoms with Crippen molar-refractivity contribution in [2.75, 3.05) is 0 Å². The quantitative estimate of drug-likeness (QED) is 0.389. The predicted molar refractivity (Wildman–Crippen MR) is 43.2 cm³/mol. The van der Waals surface area contributed by atoms with Gasteiger partial charge in [-0.3, -0.25) is 0 Å². The third-order valence-electron chi connectivity index (χ3n) is 0.891. The first-order valence-electron chi connectivity index (χ1n) is 2.67. The normalized spacial score (nSPS) is 8.62. The van der Waals surface area contributed by atoms with Crippen LogP contribution in [-0.4, -0.2) is 34.6 Å². The second kappa shape index (κ2) is 7.72. The molecule has 0 bridgehead atoms. The molecule has 0 aliphatic carbocycles. The molecule has 68 valence electrons. The van der Waals surface area contributed by atoms with Gasteiger partial charge in [-0.05, 0) is 0 Å². The summed E-state index contributed by atoms with van der Waals surface area (Å²) in [6.07, 6.45) is 2.45. The minimum Gasteiger partial charge on any atom is -1.00 e. The molecule has 0 saturated heterocycles. The molecule has 0 amide bonds. The van der Waals surface area contributed by atoms with Gasteiger partial charge in [-0.2, -0.15) is 14.8 Å². The summed E-state index contributed by atoms with van der Waals surface area (Å²) < 4.78 is 27.5. The van der Waals surface area contributed by atoms with Gasteiger partial charge in [0.05, 0.1) is 5.75 Å². The Balaban J connectivity index is 0. The van der Waals surface area contributed by atoms with Crippen molar-refractivity contribution >= 4 is 39.0 Å². The smallest absolute Gasteiger partial charge is 1.00 e. The first-order valence-corrected chi connectivity index (χ1v) is 3.47. The maximum absolute atomic E-state index is 11.6. The molecule has 2 nitrogen and oxygen atoms in total. The second-order valence-corrected chi connectivity index (χ2v) is 2.36. The number of hydrogen-bond donors (Lipinski definition) is 0. The van der Waals surface area contributed by atoms with Crippen molar-refractivity contribution in [3.63, 3.8) is 0 Å². The Bertz CT molecular complexity index is 254. The van der Waals surface area contributed by atoms with E-state index in [4.69, 9.17) is 0 Å². The summed E-state index contributed by atoms with van der Waals surface area (Å²) in [7, 11) is 0. The van der Waals surface area contributed by atoms with Crippen molar-refractivity contribution in [3.05, 3.63) is 22.9 Å². The number of pyridine rings is 1. The summed E-state index contributed by atoms with van der Waals surface area (Å²) in [6.45, 7) is -2.82. The van der Waals surface area contributed by atoms with Gasteiger partial charge in [-0.25, -0.2) is 0 Å². The molecule has 0 aliphatic heterocycles. The van der Waals surface area contributed by atoms with Crippen molar-refractivity contribution in [2.24, 2.45) is 0 Å². The average Bonchev–Trinajstić information content (AvgIpc) is 1.93. The van der Waals surface area contributed by atoms with Crippen LogP contribution in [0.3, 0.4) is 0 Å². The van der Waals surface area contributed by atoms with Crippen LogP contribution >= 0.6 is 15.9 Å². The first-order chi connectivity index (χ1) is 5.20. The zero-order chi connectivity index (χ0) is 8.27. The van der Waals surface area contributed by atoms with E-state index in [2.05, 4.69) is 31.8 Å². The summed E-state index contributed by atoms with van der Waals surface area (Å²) in [5.74, 6) is 0.0127.